The lowest BCUT2D eigenvalue weighted by atomic mass is 10.2. The molecule has 2 aromatic rings. The van der Waals surface area contributed by atoms with Gasteiger partial charge in [-0.3, -0.25) is 0 Å². The summed E-state index contributed by atoms with van der Waals surface area (Å²) in [6.45, 7) is 1.76. The summed E-state index contributed by atoms with van der Waals surface area (Å²) in [7, 11) is 1.54. The molecule has 0 atom stereocenters. The molecule has 17 heavy (non-hydrogen) atoms. The van der Waals surface area contributed by atoms with Crippen LogP contribution < -0.4 is 0 Å². The normalized spacial score (nSPS) is 11.7. The van der Waals surface area contributed by atoms with Crippen molar-refractivity contribution in [1.82, 2.24) is 4.98 Å². The van der Waals surface area contributed by atoms with Crippen LogP contribution in [0.1, 0.15) is 5.56 Å². The van der Waals surface area contributed by atoms with Crippen molar-refractivity contribution in [1.29, 1.82) is 0 Å². The summed E-state index contributed by atoms with van der Waals surface area (Å²) in [4.78, 5) is 4.24. The molecule has 0 aliphatic heterocycles. The Labute approximate surface area is 106 Å². The second-order valence-electron chi connectivity index (χ2n) is 3.39. The Morgan fingerprint density at radius 2 is 2.12 bits per heavy atom. The molecule has 7 heteroatoms. The van der Waals surface area contributed by atoms with E-state index in [2.05, 4.69) is 4.98 Å². The van der Waals surface area contributed by atoms with E-state index in [1.807, 2.05) is 0 Å². The van der Waals surface area contributed by atoms with E-state index in [9.17, 15) is 12.8 Å². The Morgan fingerprint density at radius 1 is 1.41 bits per heavy atom. The van der Waals surface area contributed by atoms with Gasteiger partial charge in [-0.05, 0) is 30.7 Å². The number of hydrogen-bond acceptors (Lipinski definition) is 4. The zero-order valence-corrected chi connectivity index (χ0v) is 11.0. The average Bonchev–Trinajstić information content (AvgIpc) is 2.61. The summed E-state index contributed by atoms with van der Waals surface area (Å²) >= 11 is 1.04. The van der Waals surface area contributed by atoms with Crippen LogP contribution in [0.4, 0.5) is 4.39 Å². The van der Waals surface area contributed by atoms with E-state index < -0.39 is 15.0 Å². The van der Waals surface area contributed by atoms with Crippen molar-refractivity contribution in [2.45, 2.75) is 11.1 Å². The largest absolute Gasteiger partial charge is 0.270 e. The van der Waals surface area contributed by atoms with E-state index in [0.29, 0.717) is 5.56 Å². The van der Waals surface area contributed by atoms with Gasteiger partial charge >= 0.3 is 0 Å². The maximum atomic E-state index is 12.7. The topological polar surface area (TPSA) is 47.0 Å². The lowest BCUT2D eigenvalue weighted by Crippen LogP contribution is -1.83. The minimum absolute atomic E-state index is 0.0796. The van der Waals surface area contributed by atoms with Gasteiger partial charge in [-0.15, -0.1) is 11.3 Å². The first-order valence-electron chi connectivity index (χ1n) is 4.55. The van der Waals surface area contributed by atoms with Crippen LogP contribution in [-0.2, 0) is 9.05 Å². The van der Waals surface area contributed by atoms with Gasteiger partial charge in [0.25, 0.3) is 9.05 Å². The van der Waals surface area contributed by atoms with Crippen LogP contribution >= 0.6 is 22.0 Å². The van der Waals surface area contributed by atoms with Gasteiger partial charge in [0.15, 0.2) is 0 Å². The smallest absolute Gasteiger partial charge is 0.228 e. The Hall–Kier alpha value is -0.980. The molecule has 90 valence electrons. The van der Waals surface area contributed by atoms with Crippen LogP contribution in [-0.4, -0.2) is 13.4 Å². The zero-order chi connectivity index (χ0) is 12.6. The number of hydrogen-bond donors (Lipinski definition) is 0. The number of aromatic nitrogens is 1. The van der Waals surface area contributed by atoms with E-state index >= 15 is 0 Å². The number of rotatable bonds is 2. The molecule has 0 saturated carbocycles. The molecular weight excluding hydrogens is 285 g/mol. The fourth-order valence-electron chi connectivity index (χ4n) is 1.37. The van der Waals surface area contributed by atoms with Gasteiger partial charge < -0.3 is 0 Å². The van der Waals surface area contributed by atoms with Crippen molar-refractivity contribution in [3.8, 4) is 10.4 Å². The molecule has 0 N–H and O–H groups in total. The molecule has 0 aromatic carbocycles. The van der Waals surface area contributed by atoms with Crippen LogP contribution in [0.25, 0.3) is 10.4 Å². The van der Waals surface area contributed by atoms with Crippen molar-refractivity contribution in [3.63, 3.8) is 0 Å². The zero-order valence-electron chi connectivity index (χ0n) is 8.65. The molecule has 3 nitrogen and oxygen atoms in total. The molecule has 0 saturated heterocycles. The number of thiophene rings is 1. The SMILES string of the molecule is Cc1cc(S(=O)(=O)Cl)sc1-c1ccc(F)nc1. The second kappa shape index (κ2) is 4.36. The Balaban J connectivity index is 2.54. The molecule has 0 unspecified atom stereocenters. The van der Waals surface area contributed by atoms with Crippen LogP contribution in [0.2, 0.25) is 0 Å². The van der Waals surface area contributed by atoms with Gasteiger partial charge in [-0.2, -0.15) is 4.39 Å². The van der Waals surface area contributed by atoms with E-state index in [1.54, 1.807) is 13.0 Å². The van der Waals surface area contributed by atoms with E-state index in [-0.39, 0.29) is 4.21 Å². The number of pyridine rings is 1. The predicted octanol–water partition coefficient (Wildman–Crippen LogP) is 3.19. The van der Waals surface area contributed by atoms with E-state index in [4.69, 9.17) is 10.7 Å². The Bertz CT molecular complexity index is 649. The summed E-state index contributed by atoms with van der Waals surface area (Å²) in [5.74, 6) is -0.576. The van der Waals surface area contributed by atoms with Crippen LogP contribution in [0.5, 0.6) is 0 Å². The number of aryl methyl sites for hydroxylation is 1. The molecule has 2 heterocycles. The lowest BCUT2D eigenvalue weighted by molar-refractivity contribution is 0.584. The third-order valence-electron chi connectivity index (χ3n) is 2.13. The van der Waals surface area contributed by atoms with Crippen LogP contribution in [0.3, 0.4) is 0 Å². The summed E-state index contributed by atoms with van der Waals surface area (Å²) in [6.07, 6.45) is 1.36. The highest BCUT2D eigenvalue weighted by molar-refractivity contribution is 8.15. The third kappa shape index (κ3) is 2.65. The fraction of sp³-hybridized carbons (Fsp3) is 0.100. The maximum absolute atomic E-state index is 12.7. The summed E-state index contributed by atoms with van der Waals surface area (Å²) in [5, 5.41) is 0. The van der Waals surface area contributed by atoms with Crippen LogP contribution in [0, 0.1) is 12.9 Å². The highest BCUT2D eigenvalue weighted by atomic mass is 35.7. The standard InChI is InChI=1S/C10H7ClFNO2S2/c1-6-4-9(17(11,14)15)16-10(6)7-2-3-8(12)13-5-7/h2-5H,1H3. The van der Waals surface area contributed by atoms with Gasteiger partial charge in [0.05, 0.1) is 0 Å². The van der Waals surface area contributed by atoms with Crippen molar-refractivity contribution in [2.75, 3.05) is 0 Å². The molecule has 0 fully saturated rings. The third-order valence-corrected chi connectivity index (χ3v) is 5.49. The van der Waals surface area contributed by atoms with Gasteiger partial charge in [-0.1, -0.05) is 0 Å². The minimum atomic E-state index is -3.72. The molecule has 0 aliphatic rings. The Kier molecular flexibility index (Phi) is 3.20. The van der Waals surface area contributed by atoms with Crippen molar-refractivity contribution in [3.05, 3.63) is 35.9 Å². The molecule has 2 rings (SSSR count). The monoisotopic (exact) mass is 291 g/mol. The lowest BCUT2D eigenvalue weighted by Gasteiger charge is -1.97. The van der Waals surface area contributed by atoms with E-state index in [0.717, 1.165) is 21.8 Å². The molecule has 0 aliphatic carbocycles. The highest BCUT2D eigenvalue weighted by Gasteiger charge is 2.17. The van der Waals surface area contributed by atoms with Crippen molar-refractivity contribution >= 4 is 31.1 Å². The summed E-state index contributed by atoms with van der Waals surface area (Å²) in [6, 6.07) is 4.26. The molecular formula is C10H7ClFNO2S2. The van der Waals surface area contributed by atoms with Crippen molar-refractivity contribution < 1.29 is 12.8 Å². The van der Waals surface area contributed by atoms with Gasteiger partial charge in [-0.25, -0.2) is 13.4 Å². The van der Waals surface area contributed by atoms with Gasteiger partial charge in [0.2, 0.25) is 5.95 Å². The van der Waals surface area contributed by atoms with Crippen LogP contribution in [0.15, 0.2) is 28.6 Å². The number of halogens is 2. The Morgan fingerprint density at radius 3 is 2.59 bits per heavy atom. The maximum Gasteiger partial charge on any atom is 0.270 e. The molecule has 0 amide bonds. The quantitative estimate of drug-likeness (QED) is 0.630. The summed E-state index contributed by atoms with van der Waals surface area (Å²) in [5.41, 5.74) is 1.43. The van der Waals surface area contributed by atoms with Gasteiger partial charge in [0.1, 0.15) is 4.21 Å². The molecule has 0 spiro atoms. The first kappa shape index (κ1) is 12.5. The predicted molar refractivity (Wildman–Crippen MR) is 65.3 cm³/mol. The fourth-order valence-corrected chi connectivity index (χ4v) is 3.65. The first-order chi connectivity index (χ1) is 7.88. The minimum Gasteiger partial charge on any atom is -0.228 e. The summed E-state index contributed by atoms with van der Waals surface area (Å²) < 4.78 is 35.1. The average molecular weight is 292 g/mol. The number of nitrogens with zero attached hydrogens (tertiary/aromatic N) is 1. The van der Waals surface area contributed by atoms with E-state index in [1.165, 1.54) is 18.3 Å². The second-order valence-corrected chi connectivity index (χ2v) is 7.23. The van der Waals surface area contributed by atoms with Crippen molar-refractivity contribution in [2.24, 2.45) is 0 Å². The molecule has 0 radical (unpaired) electrons. The highest BCUT2D eigenvalue weighted by Crippen LogP contribution is 2.35. The first-order valence-corrected chi connectivity index (χ1v) is 7.67. The molecule has 0 bridgehead atoms. The molecule has 2 aromatic heterocycles. The van der Waals surface area contributed by atoms with Gasteiger partial charge in [0, 0.05) is 27.3 Å².